The van der Waals surface area contributed by atoms with Crippen LogP contribution in [0.25, 0.3) is 11.3 Å². The molecule has 126 valence electrons. The molecule has 25 heavy (non-hydrogen) atoms. The van der Waals surface area contributed by atoms with E-state index in [0.717, 1.165) is 0 Å². The Labute approximate surface area is 146 Å². The molecule has 8 heteroatoms. The molecule has 0 aliphatic rings. The van der Waals surface area contributed by atoms with Gasteiger partial charge in [0.2, 0.25) is 0 Å². The Bertz CT molecular complexity index is 967. The molecule has 0 bridgehead atoms. The first kappa shape index (κ1) is 16.5. The summed E-state index contributed by atoms with van der Waals surface area (Å²) in [5.41, 5.74) is 0.582. The van der Waals surface area contributed by atoms with E-state index >= 15 is 0 Å². The maximum Gasteiger partial charge on any atom is 0.291 e. The number of nitro groups is 1. The van der Waals surface area contributed by atoms with Gasteiger partial charge in [0.15, 0.2) is 5.76 Å². The second-order valence-electron chi connectivity index (χ2n) is 5.09. The molecule has 0 fully saturated rings. The van der Waals surface area contributed by atoms with E-state index in [-0.39, 0.29) is 22.2 Å². The van der Waals surface area contributed by atoms with Crippen molar-refractivity contribution in [2.45, 2.75) is 0 Å². The molecule has 1 amide bonds. The molecule has 7 nitrogen and oxygen atoms in total. The maximum absolute atomic E-state index is 12.2. The smallest absolute Gasteiger partial charge is 0.291 e. The van der Waals surface area contributed by atoms with Gasteiger partial charge in [0, 0.05) is 23.4 Å². The number of carbonyl (C=O) groups excluding carboxylic acids is 1. The number of nitro benzene ring substituents is 1. The molecule has 0 unspecified atom stereocenters. The van der Waals surface area contributed by atoms with Crippen LogP contribution in [-0.4, -0.2) is 15.9 Å². The van der Waals surface area contributed by atoms with Crippen LogP contribution in [0.2, 0.25) is 5.02 Å². The summed E-state index contributed by atoms with van der Waals surface area (Å²) in [5, 5.41) is 23.0. The van der Waals surface area contributed by atoms with Gasteiger partial charge in [-0.15, -0.1) is 0 Å². The molecule has 0 aliphatic carbocycles. The first-order valence-electron chi connectivity index (χ1n) is 7.08. The van der Waals surface area contributed by atoms with E-state index in [4.69, 9.17) is 16.0 Å². The van der Waals surface area contributed by atoms with Crippen molar-refractivity contribution >= 4 is 28.9 Å². The first-order chi connectivity index (χ1) is 11.9. The molecular weight excluding hydrogens is 348 g/mol. The van der Waals surface area contributed by atoms with Crippen LogP contribution in [-0.2, 0) is 0 Å². The summed E-state index contributed by atoms with van der Waals surface area (Å²) in [6.45, 7) is 0. The highest BCUT2D eigenvalue weighted by Crippen LogP contribution is 2.31. The van der Waals surface area contributed by atoms with Crippen LogP contribution < -0.4 is 5.32 Å². The summed E-state index contributed by atoms with van der Waals surface area (Å²) in [6, 6.07) is 13.3. The third-order valence-corrected chi connectivity index (χ3v) is 3.68. The van der Waals surface area contributed by atoms with Crippen LogP contribution in [0.1, 0.15) is 10.6 Å². The van der Waals surface area contributed by atoms with Crippen LogP contribution in [0, 0.1) is 10.1 Å². The van der Waals surface area contributed by atoms with Gasteiger partial charge in [-0.25, -0.2) is 0 Å². The number of halogens is 1. The molecule has 2 aromatic carbocycles. The highest BCUT2D eigenvalue weighted by molar-refractivity contribution is 6.32. The van der Waals surface area contributed by atoms with E-state index in [1.54, 1.807) is 18.2 Å². The molecule has 0 saturated carbocycles. The van der Waals surface area contributed by atoms with Gasteiger partial charge in [0.25, 0.3) is 11.6 Å². The second kappa shape index (κ2) is 6.66. The number of hydrogen-bond acceptors (Lipinski definition) is 5. The number of aromatic hydroxyl groups is 1. The highest BCUT2D eigenvalue weighted by atomic mass is 35.5. The van der Waals surface area contributed by atoms with E-state index in [0.29, 0.717) is 17.0 Å². The third kappa shape index (κ3) is 3.61. The van der Waals surface area contributed by atoms with Crippen molar-refractivity contribution in [1.82, 2.24) is 0 Å². The summed E-state index contributed by atoms with van der Waals surface area (Å²) < 4.78 is 5.47. The molecule has 0 radical (unpaired) electrons. The fourth-order valence-corrected chi connectivity index (χ4v) is 2.38. The van der Waals surface area contributed by atoms with Gasteiger partial charge in [0.1, 0.15) is 16.5 Å². The Morgan fingerprint density at radius 2 is 1.96 bits per heavy atom. The number of nitrogens with zero attached hydrogens (tertiary/aromatic N) is 1. The normalized spacial score (nSPS) is 10.4. The van der Waals surface area contributed by atoms with Gasteiger partial charge < -0.3 is 14.8 Å². The number of phenolic OH excluding ortho intramolecular Hbond substituents is 1. The Morgan fingerprint density at radius 1 is 1.16 bits per heavy atom. The van der Waals surface area contributed by atoms with Crippen molar-refractivity contribution in [2.24, 2.45) is 0 Å². The number of benzene rings is 2. The number of anilines is 1. The van der Waals surface area contributed by atoms with Crippen molar-refractivity contribution in [3.8, 4) is 17.1 Å². The van der Waals surface area contributed by atoms with E-state index in [9.17, 15) is 20.0 Å². The zero-order valence-corrected chi connectivity index (χ0v) is 13.4. The molecule has 0 saturated heterocycles. The van der Waals surface area contributed by atoms with Gasteiger partial charge in [-0.1, -0.05) is 17.7 Å². The first-order valence-corrected chi connectivity index (χ1v) is 7.46. The molecule has 0 atom stereocenters. The summed E-state index contributed by atoms with van der Waals surface area (Å²) in [4.78, 5) is 22.5. The van der Waals surface area contributed by atoms with Crippen molar-refractivity contribution in [3.63, 3.8) is 0 Å². The fourth-order valence-electron chi connectivity index (χ4n) is 2.20. The van der Waals surface area contributed by atoms with Gasteiger partial charge in [-0.05, 0) is 36.4 Å². The lowest BCUT2D eigenvalue weighted by molar-refractivity contribution is -0.384. The second-order valence-corrected chi connectivity index (χ2v) is 5.50. The largest absolute Gasteiger partial charge is 0.508 e. The quantitative estimate of drug-likeness (QED) is 0.528. The lowest BCUT2D eigenvalue weighted by Gasteiger charge is -2.03. The fraction of sp³-hybridized carbons (Fsp3) is 0. The van der Waals surface area contributed by atoms with Crippen molar-refractivity contribution in [3.05, 3.63) is 75.5 Å². The summed E-state index contributed by atoms with van der Waals surface area (Å²) >= 11 is 5.78. The topological polar surface area (TPSA) is 106 Å². The number of phenols is 1. The average molecular weight is 359 g/mol. The van der Waals surface area contributed by atoms with Crippen LogP contribution in [0.3, 0.4) is 0 Å². The Hall–Kier alpha value is -3.32. The monoisotopic (exact) mass is 358 g/mol. The zero-order chi connectivity index (χ0) is 18.0. The number of furan rings is 1. The average Bonchev–Trinajstić information content (AvgIpc) is 3.05. The van der Waals surface area contributed by atoms with E-state index in [2.05, 4.69) is 5.32 Å². The third-order valence-electron chi connectivity index (χ3n) is 3.36. The van der Waals surface area contributed by atoms with Crippen LogP contribution >= 0.6 is 11.6 Å². The van der Waals surface area contributed by atoms with Crippen molar-refractivity contribution in [1.29, 1.82) is 0 Å². The molecular formula is C17H11ClN2O5. The minimum Gasteiger partial charge on any atom is -0.508 e. The molecule has 0 aliphatic heterocycles. The predicted molar refractivity (Wildman–Crippen MR) is 91.9 cm³/mol. The van der Waals surface area contributed by atoms with Gasteiger partial charge in [-0.2, -0.15) is 0 Å². The van der Waals surface area contributed by atoms with Crippen LogP contribution in [0.5, 0.6) is 5.75 Å². The minimum atomic E-state index is -0.593. The molecule has 2 N–H and O–H groups in total. The number of nitrogens with one attached hydrogen (secondary N) is 1. The lowest BCUT2D eigenvalue weighted by Crippen LogP contribution is -2.10. The summed E-state index contributed by atoms with van der Waals surface area (Å²) in [7, 11) is 0. The number of hydrogen-bond donors (Lipinski definition) is 2. The van der Waals surface area contributed by atoms with E-state index in [1.165, 1.54) is 36.4 Å². The number of amides is 1. The summed E-state index contributed by atoms with van der Waals surface area (Å²) in [6.07, 6.45) is 0. The summed E-state index contributed by atoms with van der Waals surface area (Å²) in [5.74, 6) is -0.177. The molecule has 0 spiro atoms. The van der Waals surface area contributed by atoms with Gasteiger partial charge >= 0.3 is 0 Å². The van der Waals surface area contributed by atoms with Crippen molar-refractivity contribution < 1.29 is 19.2 Å². The van der Waals surface area contributed by atoms with E-state index < -0.39 is 10.8 Å². The van der Waals surface area contributed by atoms with Gasteiger partial charge in [-0.3, -0.25) is 14.9 Å². The van der Waals surface area contributed by atoms with Crippen LogP contribution in [0.15, 0.2) is 59.0 Å². The zero-order valence-electron chi connectivity index (χ0n) is 12.6. The van der Waals surface area contributed by atoms with Gasteiger partial charge in [0.05, 0.1) is 4.92 Å². The number of rotatable bonds is 4. The number of carbonyl (C=O) groups is 1. The lowest BCUT2D eigenvalue weighted by atomic mass is 10.1. The highest BCUT2D eigenvalue weighted by Gasteiger charge is 2.17. The molecule has 1 heterocycles. The standard InChI is InChI=1S/C17H11ClN2O5/c18-13-5-4-10(8-14(13)20(23)24)15-6-7-16(25-15)17(22)19-11-2-1-3-12(21)9-11/h1-9,21H,(H,19,22). The Balaban J connectivity index is 1.84. The SMILES string of the molecule is O=C(Nc1cccc(O)c1)c1ccc(-c2ccc(Cl)c([N+](=O)[O-])c2)o1. The van der Waals surface area contributed by atoms with E-state index in [1.807, 2.05) is 0 Å². The molecule has 3 aromatic rings. The predicted octanol–water partition coefficient (Wildman–Crippen LogP) is 4.47. The maximum atomic E-state index is 12.2. The minimum absolute atomic E-state index is 0.0159. The van der Waals surface area contributed by atoms with Crippen LogP contribution in [0.4, 0.5) is 11.4 Å². The Kier molecular flexibility index (Phi) is 4.40. The molecule has 3 rings (SSSR count). The van der Waals surface area contributed by atoms with Crippen molar-refractivity contribution in [2.75, 3.05) is 5.32 Å². The molecule has 1 aromatic heterocycles. The Morgan fingerprint density at radius 3 is 2.68 bits per heavy atom.